The van der Waals surface area contributed by atoms with Gasteiger partial charge in [-0.1, -0.05) is 18.2 Å². The van der Waals surface area contributed by atoms with Gasteiger partial charge in [0.2, 0.25) is 5.95 Å². The standard InChI is InChI=1S/C16H21N5O/c1-3-17-16-20-12(2)11-14(21-16)18-9-10-19-15(22)13-7-5-4-6-8-13/h4-8,11H,3,9-10H2,1-2H3,(H,19,22)(H2,17,18,20,21). The molecule has 1 aromatic heterocycles. The Morgan fingerprint density at radius 3 is 2.59 bits per heavy atom. The molecule has 22 heavy (non-hydrogen) atoms. The van der Waals surface area contributed by atoms with Crippen LogP contribution in [-0.4, -0.2) is 35.5 Å². The van der Waals surface area contributed by atoms with E-state index in [2.05, 4.69) is 25.9 Å². The monoisotopic (exact) mass is 299 g/mol. The minimum Gasteiger partial charge on any atom is -0.368 e. The summed E-state index contributed by atoms with van der Waals surface area (Å²) in [5, 5.41) is 9.14. The number of amides is 1. The molecule has 0 saturated heterocycles. The first-order valence-electron chi connectivity index (χ1n) is 7.35. The van der Waals surface area contributed by atoms with Gasteiger partial charge in [0.15, 0.2) is 0 Å². The van der Waals surface area contributed by atoms with Crippen LogP contribution in [0, 0.1) is 6.92 Å². The maximum absolute atomic E-state index is 11.9. The third kappa shape index (κ3) is 4.73. The van der Waals surface area contributed by atoms with Crippen LogP contribution in [0.1, 0.15) is 23.0 Å². The lowest BCUT2D eigenvalue weighted by Gasteiger charge is -2.10. The summed E-state index contributed by atoms with van der Waals surface area (Å²) in [6.45, 7) is 5.81. The maximum Gasteiger partial charge on any atom is 0.251 e. The van der Waals surface area contributed by atoms with E-state index in [9.17, 15) is 4.79 Å². The van der Waals surface area contributed by atoms with Crippen LogP contribution in [0.3, 0.4) is 0 Å². The summed E-state index contributed by atoms with van der Waals surface area (Å²) in [5.74, 6) is 1.28. The van der Waals surface area contributed by atoms with Crippen LogP contribution in [-0.2, 0) is 0 Å². The molecule has 0 aliphatic rings. The quantitative estimate of drug-likeness (QED) is 0.682. The molecule has 2 rings (SSSR count). The second-order valence-corrected chi connectivity index (χ2v) is 4.80. The summed E-state index contributed by atoms with van der Waals surface area (Å²) in [7, 11) is 0. The number of hydrogen-bond donors (Lipinski definition) is 3. The fraction of sp³-hybridized carbons (Fsp3) is 0.312. The van der Waals surface area contributed by atoms with Crippen LogP contribution in [0.15, 0.2) is 36.4 Å². The van der Waals surface area contributed by atoms with Gasteiger partial charge in [0.1, 0.15) is 5.82 Å². The third-order valence-corrected chi connectivity index (χ3v) is 2.94. The zero-order chi connectivity index (χ0) is 15.8. The van der Waals surface area contributed by atoms with Crippen molar-refractivity contribution in [3.8, 4) is 0 Å². The van der Waals surface area contributed by atoms with Gasteiger partial charge in [-0.3, -0.25) is 4.79 Å². The lowest BCUT2D eigenvalue weighted by atomic mass is 10.2. The number of anilines is 2. The summed E-state index contributed by atoms with van der Waals surface area (Å²) in [6, 6.07) is 11.0. The van der Waals surface area contributed by atoms with E-state index in [1.165, 1.54) is 0 Å². The molecule has 3 N–H and O–H groups in total. The number of nitrogens with one attached hydrogen (secondary N) is 3. The molecule has 2 aromatic rings. The molecule has 6 nitrogen and oxygen atoms in total. The first-order chi connectivity index (χ1) is 10.7. The van der Waals surface area contributed by atoms with E-state index in [4.69, 9.17) is 0 Å². The number of carbonyl (C=O) groups is 1. The van der Waals surface area contributed by atoms with Crippen molar-refractivity contribution in [2.45, 2.75) is 13.8 Å². The predicted octanol–water partition coefficient (Wildman–Crippen LogP) is 2.06. The fourth-order valence-electron chi connectivity index (χ4n) is 1.95. The zero-order valence-electron chi connectivity index (χ0n) is 12.9. The Bertz CT molecular complexity index is 615. The first kappa shape index (κ1) is 15.8. The van der Waals surface area contributed by atoms with Crippen molar-refractivity contribution in [3.05, 3.63) is 47.7 Å². The van der Waals surface area contributed by atoms with Crippen LogP contribution in [0.5, 0.6) is 0 Å². The van der Waals surface area contributed by atoms with Crippen molar-refractivity contribution in [1.82, 2.24) is 15.3 Å². The minimum absolute atomic E-state index is 0.0744. The average molecular weight is 299 g/mol. The van der Waals surface area contributed by atoms with E-state index in [0.29, 0.717) is 24.6 Å². The normalized spacial score (nSPS) is 10.1. The van der Waals surface area contributed by atoms with E-state index in [0.717, 1.165) is 18.1 Å². The summed E-state index contributed by atoms with van der Waals surface area (Å²) in [5.41, 5.74) is 1.55. The Morgan fingerprint density at radius 2 is 1.86 bits per heavy atom. The lowest BCUT2D eigenvalue weighted by Crippen LogP contribution is -2.28. The molecule has 116 valence electrons. The number of aromatic nitrogens is 2. The molecule has 0 radical (unpaired) electrons. The average Bonchev–Trinajstić information content (AvgIpc) is 2.52. The van der Waals surface area contributed by atoms with Gasteiger partial charge in [0.05, 0.1) is 0 Å². The van der Waals surface area contributed by atoms with E-state index in [-0.39, 0.29) is 5.91 Å². The van der Waals surface area contributed by atoms with Crippen molar-refractivity contribution < 1.29 is 4.79 Å². The van der Waals surface area contributed by atoms with Crippen molar-refractivity contribution in [2.24, 2.45) is 0 Å². The van der Waals surface area contributed by atoms with Gasteiger partial charge in [-0.25, -0.2) is 4.98 Å². The SMILES string of the molecule is CCNc1nc(C)cc(NCCNC(=O)c2ccccc2)n1. The number of nitrogens with zero attached hydrogens (tertiary/aromatic N) is 2. The van der Waals surface area contributed by atoms with E-state index in [1.54, 1.807) is 12.1 Å². The van der Waals surface area contributed by atoms with Crippen LogP contribution in [0.25, 0.3) is 0 Å². The second-order valence-electron chi connectivity index (χ2n) is 4.80. The van der Waals surface area contributed by atoms with E-state index < -0.39 is 0 Å². The fourth-order valence-corrected chi connectivity index (χ4v) is 1.95. The Labute approximate surface area is 130 Å². The summed E-state index contributed by atoms with van der Waals surface area (Å²) < 4.78 is 0. The number of rotatable bonds is 7. The number of benzene rings is 1. The summed E-state index contributed by atoms with van der Waals surface area (Å²) in [4.78, 5) is 20.5. The molecular weight excluding hydrogens is 278 g/mol. The maximum atomic E-state index is 11.9. The molecule has 0 bridgehead atoms. The molecule has 0 aliphatic carbocycles. The van der Waals surface area contributed by atoms with E-state index >= 15 is 0 Å². The molecule has 1 amide bonds. The van der Waals surface area contributed by atoms with Crippen molar-refractivity contribution in [3.63, 3.8) is 0 Å². The smallest absolute Gasteiger partial charge is 0.251 e. The third-order valence-electron chi connectivity index (χ3n) is 2.94. The Hall–Kier alpha value is -2.63. The van der Waals surface area contributed by atoms with Gasteiger partial charge in [-0.15, -0.1) is 0 Å². The highest BCUT2D eigenvalue weighted by atomic mass is 16.1. The molecule has 0 spiro atoms. The molecule has 0 aliphatic heterocycles. The van der Waals surface area contributed by atoms with Gasteiger partial charge in [-0.05, 0) is 26.0 Å². The largest absolute Gasteiger partial charge is 0.368 e. The lowest BCUT2D eigenvalue weighted by molar-refractivity contribution is 0.0955. The van der Waals surface area contributed by atoms with Gasteiger partial charge in [0, 0.05) is 37.0 Å². The zero-order valence-corrected chi connectivity index (χ0v) is 12.9. The number of hydrogen-bond acceptors (Lipinski definition) is 5. The highest BCUT2D eigenvalue weighted by molar-refractivity contribution is 5.94. The van der Waals surface area contributed by atoms with Crippen molar-refractivity contribution in [2.75, 3.05) is 30.3 Å². The molecule has 1 heterocycles. The molecular formula is C16H21N5O. The molecule has 0 fully saturated rings. The Balaban J connectivity index is 1.80. The van der Waals surface area contributed by atoms with Crippen LogP contribution in [0.2, 0.25) is 0 Å². The predicted molar refractivity (Wildman–Crippen MR) is 88.2 cm³/mol. The van der Waals surface area contributed by atoms with Crippen LogP contribution in [0.4, 0.5) is 11.8 Å². The Kier molecular flexibility index (Phi) is 5.71. The van der Waals surface area contributed by atoms with Crippen LogP contribution < -0.4 is 16.0 Å². The Morgan fingerprint density at radius 1 is 1.09 bits per heavy atom. The topological polar surface area (TPSA) is 78.9 Å². The highest BCUT2D eigenvalue weighted by Crippen LogP contribution is 2.08. The minimum atomic E-state index is -0.0744. The van der Waals surface area contributed by atoms with Crippen molar-refractivity contribution in [1.29, 1.82) is 0 Å². The summed E-state index contributed by atoms with van der Waals surface area (Å²) in [6.07, 6.45) is 0. The second kappa shape index (κ2) is 7.97. The van der Waals surface area contributed by atoms with E-state index in [1.807, 2.05) is 38.1 Å². The van der Waals surface area contributed by atoms with Crippen molar-refractivity contribution >= 4 is 17.7 Å². The molecule has 0 unspecified atom stereocenters. The van der Waals surface area contributed by atoms with Gasteiger partial charge >= 0.3 is 0 Å². The molecule has 6 heteroatoms. The molecule has 0 saturated carbocycles. The number of aryl methyl sites for hydroxylation is 1. The molecule has 1 aromatic carbocycles. The van der Waals surface area contributed by atoms with Gasteiger partial charge in [-0.2, -0.15) is 4.98 Å². The number of carbonyl (C=O) groups excluding carboxylic acids is 1. The van der Waals surface area contributed by atoms with Gasteiger partial charge < -0.3 is 16.0 Å². The first-order valence-corrected chi connectivity index (χ1v) is 7.35. The van der Waals surface area contributed by atoms with Gasteiger partial charge in [0.25, 0.3) is 5.91 Å². The molecule has 0 atom stereocenters. The summed E-state index contributed by atoms with van der Waals surface area (Å²) >= 11 is 0. The highest BCUT2D eigenvalue weighted by Gasteiger charge is 2.04. The van der Waals surface area contributed by atoms with Crippen LogP contribution >= 0.6 is 0 Å².